The van der Waals surface area contributed by atoms with E-state index < -0.39 is 54.1 Å². The quantitative estimate of drug-likeness (QED) is 0.295. The molecule has 7 N–H and O–H groups in total. The molecule has 0 aliphatic carbocycles. The highest BCUT2D eigenvalue weighted by molar-refractivity contribution is 5.95. The van der Waals surface area contributed by atoms with Gasteiger partial charge in [-0.1, -0.05) is 0 Å². The van der Waals surface area contributed by atoms with Crippen molar-refractivity contribution in [3.8, 4) is 0 Å². The van der Waals surface area contributed by atoms with Crippen LogP contribution in [0, 0.1) is 0 Å². The van der Waals surface area contributed by atoms with Crippen molar-refractivity contribution in [1.29, 1.82) is 0 Å². The molecule has 0 aromatic heterocycles. The van der Waals surface area contributed by atoms with Crippen molar-refractivity contribution in [2.45, 2.75) is 75.9 Å². The van der Waals surface area contributed by atoms with Gasteiger partial charge in [-0.05, 0) is 39.5 Å². The average Bonchev–Trinajstić information content (AvgIpc) is 3.32. The summed E-state index contributed by atoms with van der Waals surface area (Å²) in [5.74, 6) is -2.31. The number of carbonyl (C=O) groups excluding carboxylic acids is 4. The molecule has 2 heterocycles. The molecule has 2 fully saturated rings. The smallest absolute Gasteiger partial charge is 0.246 e. The third kappa shape index (κ3) is 5.03. The highest BCUT2D eigenvalue weighted by atomic mass is 16.3. The van der Waals surface area contributed by atoms with Crippen molar-refractivity contribution in [2.24, 2.45) is 11.5 Å². The normalized spacial score (nSPS) is 26.0. The number of aliphatic hydroxyl groups excluding tert-OH is 2. The molecule has 0 saturated carbocycles. The summed E-state index contributed by atoms with van der Waals surface area (Å²) in [5, 5.41) is 21.6. The molecule has 2 aliphatic rings. The zero-order valence-corrected chi connectivity index (χ0v) is 16.8. The molecule has 0 aromatic carbocycles. The lowest BCUT2D eigenvalue weighted by molar-refractivity contribution is -0.148. The number of hydrogen-bond donors (Lipinski definition) is 5. The van der Waals surface area contributed by atoms with Crippen LogP contribution in [-0.2, 0) is 19.2 Å². The first-order valence-electron chi connectivity index (χ1n) is 9.88. The third-order valence-corrected chi connectivity index (χ3v) is 5.55. The van der Waals surface area contributed by atoms with E-state index >= 15 is 0 Å². The molecule has 164 valence electrons. The molecule has 6 atom stereocenters. The van der Waals surface area contributed by atoms with Crippen LogP contribution >= 0.6 is 0 Å². The predicted octanol–water partition coefficient (Wildman–Crippen LogP) is -2.97. The van der Waals surface area contributed by atoms with Crippen molar-refractivity contribution < 1.29 is 29.4 Å². The Morgan fingerprint density at radius 1 is 0.966 bits per heavy atom. The minimum Gasteiger partial charge on any atom is -0.391 e. The molecular formula is C18H31N5O6. The first-order valence-corrected chi connectivity index (χ1v) is 9.88. The lowest BCUT2D eigenvalue weighted by Crippen LogP contribution is -2.58. The fraction of sp³-hybridized carbons (Fsp3) is 0.778. The number of carbonyl (C=O) groups is 4. The SMILES string of the molecule is CC(O)[C@H](N)C(=O)N1CCC[C@H]1C(=O)N1CCC[C@@H]1C(=O)N[C@H](C(N)=O)[C@@H](C)O. The van der Waals surface area contributed by atoms with Crippen molar-refractivity contribution in [2.75, 3.05) is 13.1 Å². The Balaban J connectivity index is 2.11. The topological polar surface area (TPSA) is 179 Å². The Hall–Kier alpha value is -2.24. The molecule has 4 amide bonds. The first kappa shape index (κ1) is 23.0. The average molecular weight is 413 g/mol. The molecule has 29 heavy (non-hydrogen) atoms. The summed E-state index contributed by atoms with van der Waals surface area (Å²) in [6.07, 6.45) is -0.170. The van der Waals surface area contributed by atoms with E-state index in [9.17, 15) is 29.4 Å². The Labute approximate surface area is 169 Å². The van der Waals surface area contributed by atoms with Gasteiger partial charge in [0.25, 0.3) is 0 Å². The van der Waals surface area contributed by atoms with Crippen LogP contribution in [0.4, 0.5) is 0 Å². The highest BCUT2D eigenvalue weighted by Crippen LogP contribution is 2.25. The second-order valence-electron chi connectivity index (χ2n) is 7.77. The molecule has 2 saturated heterocycles. The summed E-state index contributed by atoms with van der Waals surface area (Å²) < 4.78 is 0. The zero-order valence-electron chi connectivity index (χ0n) is 16.8. The van der Waals surface area contributed by atoms with Crippen molar-refractivity contribution in [3.05, 3.63) is 0 Å². The van der Waals surface area contributed by atoms with E-state index in [1.54, 1.807) is 0 Å². The van der Waals surface area contributed by atoms with E-state index in [-0.39, 0.29) is 5.91 Å². The standard InChI is InChI=1S/C18H31N5O6/c1-9(24)13(19)18(29)23-8-4-6-12(23)17(28)22-7-3-5-11(22)16(27)21-14(10(2)25)15(20)26/h9-14,24-25H,3-8,19H2,1-2H3,(H2,20,26)(H,21,27)/t9?,10-,11-,12+,13+,14+/m1/s1. The zero-order chi connectivity index (χ0) is 21.9. The maximum atomic E-state index is 13.1. The van der Waals surface area contributed by atoms with Crippen LogP contribution in [0.3, 0.4) is 0 Å². The number of aliphatic hydroxyl groups is 2. The molecule has 2 aliphatic heterocycles. The number of nitrogens with two attached hydrogens (primary N) is 2. The summed E-state index contributed by atoms with van der Waals surface area (Å²) in [4.78, 5) is 52.5. The van der Waals surface area contributed by atoms with Gasteiger partial charge in [-0.3, -0.25) is 19.2 Å². The van der Waals surface area contributed by atoms with Gasteiger partial charge in [0.15, 0.2) is 0 Å². The minimum atomic E-state index is -1.26. The Morgan fingerprint density at radius 2 is 1.52 bits per heavy atom. The molecule has 11 nitrogen and oxygen atoms in total. The number of likely N-dealkylation sites (tertiary alicyclic amines) is 2. The summed E-state index contributed by atoms with van der Waals surface area (Å²) in [6, 6.07) is -3.94. The van der Waals surface area contributed by atoms with Crippen LogP contribution in [0.25, 0.3) is 0 Å². The minimum absolute atomic E-state index is 0.341. The molecule has 0 radical (unpaired) electrons. The molecule has 0 bridgehead atoms. The lowest BCUT2D eigenvalue weighted by Gasteiger charge is -2.33. The number of hydrogen-bond acceptors (Lipinski definition) is 7. The number of amides is 4. The van der Waals surface area contributed by atoms with Gasteiger partial charge < -0.3 is 36.8 Å². The lowest BCUT2D eigenvalue weighted by atomic mass is 10.1. The molecule has 0 spiro atoms. The molecule has 2 rings (SSSR count). The van der Waals surface area contributed by atoms with Crippen LogP contribution in [-0.4, -0.2) is 93.1 Å². The van der Waals surface area contributed by atoms with E-state index in [4.69, 9.17) is 11.5 Å². The van der Waals surface area contributed by atoms with E-state index in [1.165, 1.54) is 23.6 Å². The maximum absolute atomic E-state index is 13.1. The van der Waals surface area contributed by atoms with Gasteiger partial charge in [0.05, 0.1) is 12.2 Å². The van der Waals surface area contributed by atoms with Crippen LogP contribution in [0.5, 0.6) is 0 Å². The Bertz CT molecular complexity index is 655. The second-order valence-corrected chi connectivity index (χ2v) is 7.77. The van der Waals surface area contributed by atoms with Crippen molar-refractivity contribution >= 4 is 23.6 Å². The van der Waals surface area contributed by atoms with Gasteiger partial charge in [0, 0.05) is 13.1 Å². The predicted molar refractivity (Wildman–Crippen MR) is 102 cm³/mol. The van der Waals surface area contributed by atoms with Gasteiger partial charge in [-0.15, -0.1) is 0 Å². The first-order chi connectivity index (χ1) is 13.6. The number of primary amides is 1. The number of nitrogens with one attached hydrogen (secondary N) is 1. The fourth-order valence-corrected chi connectivity index (χ4v) is 3.86. The summed E-state index contributed by atoms with van der Waals surface area (Å²) in [6.45, 7) is 3.44. The van der Waals surface area contributed by atoms with Gasteiger partial charge in [0.1, 0.15) is 24.2 Å². The van der Waals surface area contributed by atoms with Gasteiger partial charge in [-0.2, -0.15) is 0 Å². The monoisotopic (exact) mass is 413 g/mol. The maximum Gasteiger partial charge on any atom is 0.246 e. The van der Waals surface area contributed by atoms with Crippen LogP contribution in [0.2, 0.25) is 0 Å². The van der Waals surface area contributed by atoms with E-state index in [1.807, 2.05) is 0 Å². The van der Waals surface area contributed by atoms with Gasteiger partial charge in [-0.25, -0.2) is 0 Å². The van der Waals surface area contributed by atoms with Gasteiger partial charge >= 0.3 is 0 Å². The summed E-state index contributed by atoms with van der Waals surface area (Å²) in [7, 11) is 0. The van der Waals surface area contributed by atoms with Crippen LogP contribution in [0.1, 0.15) is 39.5 Å². The van der Waals surface area contributed by atoms with E-state index in [0.29, 0.717) is 38.8 Å². The van der Waals surface area contributed by atoms with Crippen LogP contribution < -0.4 is 16.8 Å². The molecular weight excluding hydrogens is 382 g/mol. The highest BCUT2D eigenvalue weighted by Gasteiger charge is 2.43. The second kappa shape index (κ2) is 9.51. The number of nitrogens with zero attached hydrogens (tertiary/aromatic N) is 2. The fourth-order valence-electron chi connectivity index (χ4n) is 3.86. The van der Waals surface area contributed by atoms with E-state index in [0.717, 1.165) is 0 Å². The van der Waals surface area contributed by atoms with Crippen molar-refractivity contribution in [1.82, 2.24) is 15.1 Å². The summed E-state index contributed by atoms with van der Waals surface area (Å²) in [5.41, 5.74) is 11.0. The third-order valence-electron chi connectivity index (χ3n) is 5.55. The Kier molecular flexibility index (Phi) is 7.55. The summed E-state index contributed by atoms with van der Waals surface area (Å²) >= 11 is 0. The molecule has 0 aromatic rings. The van der Waals surface area contributed by atoms with Gasteiger partial charge in [0.2, 0.25) is 23.6 Å². The largest absolute Gasteiger partial charge is 0.391 e. The Morgan fingerprint density at radius 3 is 2.03 bits per heavy atom. The van der Waals surface area contributed by atoms with Crippen molar-refractivity contribution in [3.63, 3.8) is 0 Å². The molecule has 1 unspecified atom stereocenters. The van der Waals surface area contributed by atoms with Crippen LogP contribution in [0.15, 0.2) is 0 Å². The van der Waals surface area contributed by atoms with E-state index in [2.05, 4.69) is 5.32 Å². The molecule has 11 heteroatoms. The number of rotatable bonds is 7.